The summed E-state index contributed by atoms with van der Waals surface area (Å²) >= 11 is 1.70. The highest BCUT2D eigenvalue weighted by Gasteiger charge is 2.07. The number of hydrogen-bond donors (Lipinski definition) is 1. The lowest BCUT2D eigenvalue weighted by molar-refractivity contribution is 0.619. The zero-order valence-electron chi connectivity index (χ0n) is 9.38. The van der Waals surface area contributed by atoms with Gasteiger partial charge in [-0.25, -0.2) is 4.39 Å². The summed E-state index contributed by atoms with van der Waals surface area (Å²) in [5, 5.41) is 5.19. The van der Waals surface area contributed by atoms with E-state index in [2.05, 4.69) is 16.8 Å². The second-order valence-electron chi connectivity index (χ2n) is 3.74. The summed E-state index contributed by atoms with van der Waals surface area (Å²) in [5.41, 5.74) is 2.81. The molecular weight excluding hydrogens is 221 g/mol. The van der Waals surface area contributed by atoms with Gasteiger partial charge in [-0.3, -0.25) is 0 Å². The summed E-state index contributed by atoms with van der Waals surface area (Å²) < 4.78 is 13.4. The van der Waals surface area contributed by atoms with Gasteiger partial charge in [-0.1, -0.05) is 12.1 Å². The molecule has 1 aromatic carbocycles. The van der Waals surface area contributed by atoms with Gasteiger partial charge < -0.3 is 5.32 Å². The molecule has 0 fully saturated rings. The Kier molecular flexibility index (Phi) is 3.36. The first-order valence-electron chi connectivity index (χ1n) is 5.20. The number of hydrogen-bond acceptors (Lipinski definition) is 2. The van der Waals surface area contributed by atoms with Crippen LogP contribution in [-0.4, -0.2) is 7.05 Å². The van der Waals surface area contributed by atoms with Crippen LogP contribution in [0.25, 0.3) is 11.1 Å². The average Bonchev–Trinajstić information content (AvgIpc) is 2.71. The average molecular weight is 235 g/mol. The first-order chi connectivity index (χ1) is 7.72. The molecular formula is C13H14FNS. The highest BCUT2D eigenvalue weighted by Crippen LogP contribution is 2.29. The third kappa shape index (κ3) is 2.15. The molecule has 2 rings (SSSR count). The number of thiophene rings is 1. The van der Waals surface area contributed by atoms with E-state index >= 15 is 0 Å². The number of nitrogens with one attached hydrogen (secondary N) is 1. The Morgan fingerprint density at radius 3 is 2.94 bits per heavy atom. The SMILES string of the molecule is CNCc1cc(-c2cccc(F)c2C)cs1. The maximum atomic E-state index is 13.4. The molecule has 0 aliphatic heterocycles. The summed E-state index contributed by atoms with van der Waals surface area (Å²) in [6.07, 6.45) is 0. The molecule has 0 aliphatic rings. The van der Waals surface area contributed by atoms with Crippen molar-refractivity contribution in [3.8, 4) is 11.1 Å². The number of rotatable bonds is 3. The van der Waals surface area contributed by atoms with Crippen LogP contribution in [0.15, 0.2) is 29.6 Å². The molecule has 0 amide bonds. The van der Waals surface area contributed by atoms with Crippen molar-refractivity contribution < 1.29 is 4.39 Å². The van der Waals surface area contributed by atoms with Gasteiger partial charge in [-0.15, -0.1) is 11.3 Å². The Hall–Kier alpha value is -1.19. The molecule has 1 N–H and O–H groups in total. The Morgan fingerprint density at radius 2 is 2.19 bits per heavy atom. The van der Waals surface area contributed by atoms with Gasteiger partial charge in [-0.2, -0.15) is 0 Å². The molecule has 3 heteroatoms. The fourth-order valence-corrected chi connectivity index (χ4v) is 2.61. The summed E-state index contributed by atoms with van der Waals surface area (Å²) in [7, 11) is 1.92. The predicted octanol–water partition coefficient (Wildman–Crippen LogP) is 3.58. The Morgan fingerprint density at radius 1 is 1.38 bits per heavy atom. The highest BCUT2D eigenvalue weighted by atomic mass is 32.1. The van der Waals surface area contributed by atoms with E-state index in [-0.39, 0.29) is 5.82 Å². The topological polar surface area (TPSA) is 12.0 Å². The molecule has 0 aliphatic carbocycles. The Bertz CT molecular complexity index is 490. The van der Waals surface area contributed by atoms with Crippen LogP contribution in [-0.2, 0) is 6.54 Å². The molecule has 0 saturated heterocycles. The molecule has 0 saturated carbocycles. The third-order valence-corrected chi connectivity index (χ3v) is 3.52. The molecule has 1 aromatic heterocycles. The summed E-state index contributed by atoms with van der Waals surface area (Å²) in [5.74, 6) is -0.140. The molecule has 2 aromatic rings. The minimum absolute atomic E-state index is 0.140. The van der Waals surface area contributed by atoms with E-state index in [1.807, 2.05) is 20.0 Å². The van der Waals surface area contributed by atoms with Crippen LogP contribution in [0, 0.1) is 12.7 Å². The van der Waals surface area contributed by atoms with Gasteiger partial charge in [0.05, 0.1) is 0 Å². The lowest BCUT2D eigenvalue weighted by Crippen LogP contribution is -2.02. The first-order valence-corrected chi connectivity index (χ1v) is 6.08. The van der Waals surface area contributed by atoms with Crippen molar-refractivity contribution in [2.24, 2.45) is 0 Å². The molecule has 16 heavy (non-hydrogen) atoms. The van der Waals surface area contributed by atoms with Gasteiger partial charge in [-0.05, 0) is 48.2 Å². The third-order valence-electron chi connectivity index (χ3n) is 2.58. The van der Waals surface area contributed by atoms with E-state index in [4.69, 9.17) is 0 Å². The predicted molar refractivity (Wildman–Crippen MR) is 67.2 cm³/mol. The van der Waals surface area contributed by atoms with E-state index in [1.165, 1.54) is 10.9 Å². The van der Waals surface area contributed by atoms with E-state index < -0.39 is 0 Å². The molecule has 0 radical (unpaired) electrons. The molecule has 1 heterocycles. The van der Waals surface area contributed by atoms with E-state index in [0.717, 1.165) is 23.2 Å². The smallest absolute Gasteiger partial charge is 0.126 e. The zero-order valence-corrected chi connectivity index (χ0v) is 10.2. The van der Waals surface area contributed by atoms with Crippen LogP contribution in [0.4, 0.5) is 4.39 Å². The van der Waals surface area contributed by atoms with Crippen molar-refractivity contribution in [3.63, 3.8) is 0 Å². The Balaban J connectivity index is 2.39. The monoisotopic (exact) mass is 235 g/mol. The molecule has 0 atom stereocenters. The van der Waals surface area contributed by atoms with Gasteiger partial charge in [0.25, 0.3) is 0 Å². The van der Waals surface area contributed by atoms with Gasteiger partial charge in [0.1, 0.15) is 5.82 Å². The number of halogens is 1. The first kappa shape index (κ1) is 11.3. The number of benzene rings is 1. The van der Waals surface area contributed by atoms with Crippen molar-refractivity contribution in [3.05, 3.63) is 45.9 Å². The van der Waals surface area contributed by atoms with Crippen LogP contribution in [0.5, 0.6) is 0 Å². The quantitative estimate of drug-likeness (QED) is 0.857. The van der Waals surface area contributed by atoms with Crippen LogP contribution >= 0.6 is 11.3 Å². The lowest BCUT2D eigenvalue weighted by atomic mass is 10.0. The van der Waals surface area contributed by atoms with Crippen LogP contribution in [0.1, 0.15) is 10.4 Å². The molecule has 0 spiro atoms. The second kappa shape index (κ2) is 4.76. The lowest BCUT2D eigenvalue weighted by Gasteiger charge is -2.03. The Labute approximate surface area is 98.9 Å². The van der Waals surface area contributed by atoms with Gasteiger partial charge in [0.2, 0.25) is 0 Å². The van der Waals surface area contributed by atoms with E-state index in [0.29, 0.717) is 0 Å². The summed E-state index contributed by atoms with van der Waals surface area (Å²) in [4.78, 5) is 1.26. The molecule has 1 nitrogen and oxygen atoms in total. The molecule has 0 bridgehead atoms. The largest absolute Gasteiger partial charge is 0.315 e. The van der Waals surface area contributed by atoms with E-state index in [1.54, 1.807) is 17.4 Å². The second-order valence-corrected chi connectivity index (χ2v) is 4.74. The summed E-state index contributed by atoms with van der Waals surface area (Å²) in [6.45, 7) is 2.68. The van der Waals surface area contributed by atoms with Crippen molar-refractivity contribution in [2.75, 3.05) is 7.05 Å². The van der Waals surface area contributed by atoms with Gasteiger partial charge in [0, 0.05) is 11.4 Å². The van der Waals surface area contributed by atoms with Crippen LogP contribution < -0.4 is 5.32 Å². The molecule has 84 valence electrons. The maximum Gasteiger partial charge on any atom is 0.126 e. The van der Waals surface area contributed by atoms with Crippen molar-refractivity contribution in [1.29, 1.82) is 0 Å². The van der Waals surface area contributed by atoms with Crippen molar-refractivity contribution >= 4 is 11.3 Å². The van der Waals surface area contributed by atoms with Crippen molar-refractivity contribution in [2.45, 2.75) is 13.5 Å². The zero-order chi connectivity index (χ0) is 11.5. The fraction of sp³-hybridized carbons (Fsp3) is 0.231. The van der Waals surface area contributed by atoms with E-state index in [9.17, 15) is 4.39 Å². The normalized spacial score (nSPS) is 10.7. The fourth-order valence-electron chi connectivity index (χ4n) is 1.71. The minimum Gasteiger partial charge on any atom is -0.315 e. The highest BCUT2D eigenvalue weighted by molar-refractivity contribution is 7.10. The van der Waals surface area contributed by atoms with Gasteiger partial charge >= 0.3 is 0 Å². The van der Waals surface area contributed by atoms with Gasteiger partial charge in [0.15, 0.2) is 0 Å². The minimum atomic E-state index is -0.140. The van der Waals surface area contributed by atoms with Crippen molar-refractivity contribution in [1.82, 2.24) is 5.32 Å². The molecule has 0 unspecified atom stereocenters. The maximum absolute atomic E-state index is 13.4. The van der Waals surface area contributed by atoms with Crippen LogP contribution in [0.2, 0.25) is 0 Å². The summed E-state index contributed by atoms with van der Waals surface area (Å²) in [6, 6.07) is 7.33. The van der Waals surface area contributed by atoms with Crippen LogP contribution in [0.3, 0.4) is 0 Å². The standard InChI is InChI=1S/C13H14FNS/c1-9-12(4-3-5-13(9)14)10-6-11(7-15-2)16-8-10/h3-6,8,15H,7H2,1-2H3.